The normalized spacial score (nSPS) is 33.7. The van der Waals surface area contributed by atoms with E-state index in [9.17, 15) is 0 Å². The molecule has 0 spiro atoms. The summed E-state index contributed by atoms with van der Waals surface area (Å²) in [5.41, 5.74) is 0. The van der Waals surface area contributed by atoms with Crippen LogP contribution in [0.4, 0.5) is 0 Å². The molecule has 1 rings (SSSR count). The van der Waals surface area contributed by atoms with Gasteiger partial charge in [-0.3, -0.25) is 0 Å². The van der Waals surface area contributed by atoms with E-state index in [2.05, 4.69) is 87.1 Å². The number of hydrogen-bond acceptors (Lipinski definition) is 6. The lowest BCUT2D eigenvalue weighted by Crippen LogP contribution is -2.13. The van der Waals surface area contributed by atoms with E-state index < -0.39 is 8.88 Å². The maximum absolute atomic E-state index is 6.13. The van der Waals surface area contributed by atoms with E-state index in [-0.39, 0.29) is 10.3 Å². The zero-order valence-electron chi connectivity index (χ0n) is 14.6. The standard InChI is InChI=1S/C14H30P2S6/c1-13(2,3)15(17)19-9-7-11-21-16(18,14(4,5)6)22-12-8-10-20-15/h7-12H2,1-6H3. The van der Waals surface area contributed by atoms with Crippen molar-refractivity contribution >= 4 is 78.0 Å². The third-order valence-corrected chi connectivity index (χ3v) is 33.5. The highest BCUT2D eigenvalue weighted by atomic mass is 33.2. The van der Waals surface area contributed by atoms with Gasteiger partial charge in [-0.1, -0.05) is 65.2 Å². The van der Waals surface area contributed by atoms with Gasteiger partial charge in [-0.15, -0.1) is 45.5 Å². The Morgan fingerprint density at radius 3 is 1.00 bits per heavy atom. The van der Waals surface area contributed by atoms with E-state index >= 15 is 0 Å². The summed E-state index contributed by atoms with van der Waals surface area (Å²) in [4.78, 5) is 0. The molecule has 8 heteroatoms. The summed E-state index contributed by atoms with van der Waals surface area (Å²) in [5, 5.41) is 0.532. The van der Waals surface area contributed by atoms with Crippen molar-refractivity contribution in [3.05, 3.63) is 0 Å². The van der Waals surface area contributed by atoms with Gasteiger partial charge in [0.25, 0.3) is 0 Å². The summed E-state index contributed by atoms with van der Waals surface area (Å²) in [6.07, 6.45) is 2.50. The van der Waals surface area contributed by atoms with Crippen molar-refractivity contribution in [2.75, 3.05) is 23.0 Å². The molecule has 0 aromatic rings. The maximum atomic E-state index is 6.13. The number of rotatable bonds is 0. The van der Waals surface area contributed by atoms with E-state index in [1.165, 1.54) is 35.9 Å². The van der Waals surface area contributed by atoms with Crippen LogP contribution in [0.3, 0.4) is 0 Å². The van der Waals surface area contributed by atoms with Crippen LogP contribution in [0.5, 0.6) is 0 Å². The zero-order valence-corrected chi connectivity index (χ0v) is 21.3. The smallest absolute Gasteiger partial charge is 0.0623 e. The van der Waals surface area contributed by atoms with E-state index in [0.29, 0.717) is 0 Å². The molecule has 132 valence electrons. The molecule has 1 fully saturated rings. The van der Waals surface area contributed by atoms with Crippen LogP contribution >= 0.6 is 54.4 Å². The lowest BCUT2D eigenvalue weighted by molar-refractivity contribution is 0.798. The van der Waals surface area contributed by atoms with Gasteiger partial charge in [-0.25, -0.2) is 0 Å². The van der Waals surface area contributed by atoms with Crippen LogP contribution in [0.25, 0.3) is 0 Å². The fourth-order valence-corrected chi connectivity index (χ4v) is 22.1. The first kappa shape index (κ1) is 22.7. The molecule has 0 atom stereocenters. The van der Waals surface area contributed by atoms with Gasteiger partial charge in [0, 0.05) is 10.3 Å². The van der Waals surface area contributed by atoms with E-state index in [1.807, 2.05) is 0 Å². The second kappa shape index (κ2) is 9.07. The van der Waals surface area contributed by atoms with E-state index in [4.69, 9.17) is 23.6 Å². The molecular formula is C14H30P2S6. The average Bonchev–Trinajstić information content (AvgIpc) is 2.33. The van der Waals surface area contributed by atoms with Gasteiger partial charge in [-0.2, -0.15) is 0 Å². The molecule has 0 amide bonds. The summed E-state index contributed by atoms with van der Waals surface area (Å²) in [6.45, 7) is 14.0. The molecule has 1 heterocycles. The molecule has 0 aromatic heterocycles. The molecule has 0 unspecified atom stereocenters. The van der Waals surface area contributed by atoms with Gasteiger partial charge < -0.3 is 0 Å². The van der Waals surface area contributed by atoms with Crippen molar-refractivity contribution < 1.29 is 0 Å². The molecule has 0 bridgehead atoms. The van der Waals surface area contributed by atoms with Crippen molar-refractivity contribution in [2.24, 2.45) is 0 Å². The van der Waals surface area contributed by atoms with Crippen LogP contribution in [0, 0.1) is 0 Å². The quantitative estimate of drug-likeness (QED) is 0.340. The predicted molar refractivity (Wildman–Crippen MR) is 127 cm³/mol. The Hall–Kier alpha value is 2.70. The summed E-state index contributed by atoms with van der Waals surface area (Å²) < 4.78 is -2.77. The molecule has 0 saturated carbocycles. The van der Waals surface area contributed by atoms with Crippen LogP contribution in [0.15, 0.2) is 0 Å². The fourth-order valence-electron chi connectivity index (χ4n) is 1.71. The highest BCUT2D eigenvalue weighted by molar-refractivity contribution is 9.01. The Morgan fingerprint density at radius 2 is 0.818 bits per heavy atom. The Bertz CT molecular complexity index is 387. The molecule has 0 radical (unpaired) electrons. The second-order valence-electron chi connectivity index (χ2n) is 7.38. The molecule has 22 heavy (non-hydrogen) atoms. The van der Waals surface area contributed by atoms with Crippen molar-refractivity contribution in [2.45, 2.75) is 64.7 Å². The van der Waals surface area contributed by atoms with Crippen LogP contribution in [0.1, 0.15) is 54.4 Å². The lowest BCUT2D eigenvalue weighted by Gasteiger charge is -2.36. The average molecular weight is 453 g/mol. The Morgan fingerprint density at radius 1 is 0.591 bits per heavy atom. The van der Waals surface area contributed by atoms with Gasteiger partial charge in [0.1, 0.15) is 0 Å². The predicted octanol–water partition coefficient (Wildman–Crippen LogP) is 7.93. The largest absolute Gasteiger partial charge is 0.113 e. The van der Waals surface area contributed by atoms with Crippen molar-refractivity contribution in [1.82, 2.24) is 0 Å². The Labute approximate surface area is 164 Å². The van der Waals surface area contributed by atoms with E-state index in [0.717, 1.165) is 0 Å². The highest BCUT2D eigenvalue weighted by Crippen LogP contribution is 2.79. The monoisotopic (exact) mass is 452 g/mol. The van der Waals surface area contributed by atoms with Crippen LogP contribution < -0.4 is 0 Å². The van der Waals surface area contributed by atoms with Gasteiger partial charge in [0.2, 0.25) is 0 Å². The first-order valence-electron chi connectivity index (χ1n) is 7.70. The SMILES string of the molecule is CC(C)(C)P1(=S)SCCCSP(=S)(C(C)(C)C)SCCCS1. The lowest BCUT2D eigenvalue weighted by atomic mass is 10.3. The summed E-state index contributed by atoms with van der Waals surface area (Å²) in [5.74, 6) is 4.83. The molecule has 1 saturated heterocycles. The summed E-state index contributed by atoms with van der Waals surface area (Å²) in [7, 11) is 0. The maximum Gasteiger partial charge on any atom is 0.0623 e. The topological polar surface area (TPSA) is 0 Å². The molecule has 0 aromatic carbocycles. The minimum Gasteiger partial charge on any atom is -0.113 e. The van der Waals surface area contributed by atoms with Crippen molar-refractivity contribution in [1.29, 1.82) is 0 Å². The van der Waals surface area contributed by atoms with Gasteiger partial charge in [0.15, 0.2) is 0 Å². The third-order valence-electron chi connectivity index (χ3n) is 3.27. The number of hydrogen-bond donors (Lipinski definition) is 0. The Kier molecular flexibility index (Phi) is 9.37. The first-order valence-corrected chi connectivity index (χ1v) is 19.7. The third kappa shape index (κ3) is 6.45. The minimum absolute atomic E-state index is 0.266. The molecule has 0 N–H and O–H groups in total. The highest BCUT2D eigenvalue weighted by Gasteiger charge is 2.35. The van der Waals surface area contributed by atoms with Crippen LogP contribution in [0.2, 0.25) is 0 Å². The molecule has 1 aliphatic rings. The molecule has 0 nitrogen and oxygen atoms in total. The van der Waals surface area contributed by atoms with Crippen molar-refractivity contribution in [3.63, 3.8) is 0 Å². The van der Waals surface area contributed by atoms with Gasteiger partial charge in [0.05, 0.1) is 8.88 Å². The summed E-state index contributed by atoms with van der Waals surface area (Å²) in [6, 6.07) is 0. The van der Waals surface area contributed by atoms with Gasteiger partial charge >= 0.3 is 0 Å². The first-order chi connectivity index (χ1) is 9.91. The van der Waals surface area contributed by atoms with Crippen molar-refractivity contribution in [3.8, 4) is 0 Å². The molecule has 1 aliphatic heterocycles. The molecular weight excluding hydrogens is 423 g/mol. The van der Waals surface area contributed by atoms with Crippen LogP contribution in [-0.4, -0.2) is 33.3 Å². The Balaban J connectivity index is 2.77. The summed E-state index contributed by atoms with van der Waals surface area (Å²) >= 11 is 20.7. The van der Waals surface area contributed by atoms with Gasteiger partial charge in [-0.05, 0) is 35.9 Å². The second-order valence-corrected chi connectivity index (χ2v) is 31.8. The zero-order chi connectivity index (χ0) is 17.1. The van der Waals surface area contributed by atoms with E-state index in [1.54, 1.807) is 0 Å². The minimum atomic E-state index is -1.38. The fraction of sp³-hybridized carbons (Fsp3) is 1.00. The molecule has 0 aliphatic carbocycles. The van der Waals surface area contributed by atoms with Crippen LogP contribution in [-0.2, 0) is 23.6 Å².